The van der Waals surface area contributed by atoms with Crippen molar-refractivity contribution >= 4 is 27.7 Å². The molecule has 29 heavy (non-hydrogen) atoms. The average Bonchev–Trinajstić information content (AvgIpc) is 3.11. The third-order valence-electron chi connectivity index (χ3n) is 4.31. The number of imidazole rings is 1. The van der Waals surface area contributed by atoms with E-state index >= 15 is 0 Å². The van der Waals surface area contributed by atoms with Crippen LogP contribution < -0.4 is 10.5 Å². The lowest BCUT2D eigenvalue weighted by molar-refractivity contribution is 0.0954. The molecule has 0 aliphatic rings. The molecule has 3 N–H and O–H groups in total. The summed E-state index contributed by atoms with van der Waals surface area (Å²) in [6.45, 7) is 0.449. The number of benzene rings is 2. The summed E-state index contributed by atoms with van der Waals surface area (Å²) in [5, 5.41) is 8.90. The van der Waals surface area contributed by atoms with Gasteiger partial charge in [0.2, 0.25) is 10.0 Å². The van der Waals surface area contributed by atoms with E-state index in [1.165, 1.54) is 12.1 Å². The molecule has 2 aromatic carbocycles. The smallest absolute Gasteiger partial charge is 0.251 e. The number of aryl methyl sites for hydroxylation is 1. The second kappa shape index (κ2) is 9.25. The second-order valence-corrected chi connectivity index (χ2v) is 9.01. The van der Waals surface area contributed by atoms with E-state index in [9.17, 15) is 13.2 Å². The van der Waals surface area contributed by atoms with Crippen LogP contribution >= 0.6 is 11.8 Å². The Morgan fingerprint density at radius 3 is 2.34 bits per heavy atom. The molecule has 152 valence electrons. The number of hydrogen-bond donors (Lipinski definition) is 2. The summed E-state index contributed by atoms with van der Waals surface area (Å²) in [5.74, 6) is 0.635. The first-order valence-electron chi connectivity index (χ1n) is 8.92. The van der Waals surface area contributed by atoms with Crippen LogP contribution in [0.25, 0.3) is 0 Å². The van der Waals surface area contributed by atoms with E-state index < -0.39 is 10.0 Å². The van der Waals surface area contributed by atoms with Gasteiger partial charge in [-0.3, -0.25) is 4.79 Å². The second-order valence-electron chi connectivity index (χ2n) is 6.50. The van der Waals surface area contributed by atoms with E-state index in [-0.39, 0.29) is 10.8 Å². The Balaban J connectivity index is 1.47. The van der Waals surface area contributed by atoms with Gasteiger partial charge in [0, 0.05) is 37.3 Å². The van der Waals surface area contributed by atoms with Crippen LogP contribution in [0.4, 0.5) is 0 Å². The third-order valence-corrected chi connectivity index (χ3v) is 6.37. The Bertz CT molecular complexity index is 1080. The van der Waals surface area contributed by atoms with E-state index in [0.717, 1.165) is 22.0 Å². The summed E-state index contributed by atoms with van der Waals surface area (Å²) >= 11 is 1.64. The number of hydrogen-bond acceptors (Lipinski definition) is 5. The number of sulfonamides is 1. The number of rotatable bonds is 8. The van der Waals surface area contributed by atoms with Crippen LogP contribution in [0.2, 0.25) is 0 Å². The highest BCUT2D eigenvalue weighted by molar-refractivity contribution is 7.98. The lowest BCUT2D eigenvalue weighted by Gasteiger charge is -2.07. The number of nitrogens with one attached hydrogen (secondary N) is 1. The number of amides is 1. The molecule has 0 radical (unpaired) electrons. The van der Waals surface area contributed by atoms with Gasteiger partial charge in [-0.15, -0.1) is 0 Å². The first-order chi connectivity index (χ1) is 13.8. The highest BCUT2D eigenvalue weighted by Crippen LogP contribution is 2.20. The summed E-state index contributed by atoms with van der Waals surface area (Å²) in [6, 6.07) is 13.8. The molecule has 0 spiro atoms. The summed E-state index contributed by atoms with van der Waals surface area (Å²) in [6.07, 6.45) is 4.27. The molecule has 1 amide bonds. The van der Waals surface area contributed by atoms with E-state index in [1.54, 1.807) is 30.1 Å². The van der Waals surface area contributed by atoms with Gasteiger partial charge in [-0.05, 0) is 41.8 Å². The van der Waals surface area contributed by atoms with Crippen molar-refractivity contribution in [3.05, 3.63) is 77.6 Å². The topological polar surface area (TPSA) is 107 Å². The van der Waals surface area contributed by atoms with Gasteiger partial charge < -0.3 is 9.88 Å². The highest BCUT2D eigenvalue weighted by atomic mass is 32.2. The van der Waals surface area contributed by atoms with Crippen molar-refractivity contribution in [2.75, 3.05) is 6.54 Å². The van der Waals surface area contributed by atoms with Crippen LogP contribution in [0.1, 0.15) is 21.5 Å². The number of nitrogens with zero attached hydrogens (tertiary/aromatic N) is 2. The molecule has 0 aliphatic heterocycles. The molecule has 0 atom stereocenters. The standard InChI is InChI=1S/C20H22N4O3S2/c1-24-13-12-23-20(24)28-14-16-2-6-17(7-3-16)19(25)22-11-10-15-4-8-18(9-5-15)29(21,26)27/h2-9,12-13H,10-11,14H2,1H3,(H,22,25)(H2,21,26,27). The van der Waals surface area contributed by atoms with Crippen LogP contribution in [0.5, 0.6) is 0 Å². The average molecular weight is 431 g/mol. The van der Waals surface area contributed by atoms with Crippen LogP contribution in [0, 0.1) is 0 Å². The first-order valence-corrected chi connectivity index (χ1v) is 11.4. The third kappa shape index (κ3) is 5.93. The zero-order valence-electron chi connectivity index (χ0n) is 15.9. The zero-order chi connectivity index (χ0) is 20.9. The van der Waals surface area contributed by atoms with Gasteiger partial charge in [-0.1, -0.05) is 36.0 Å². The molecule has 0 saturated carbocycles. The maximum absolute atomic E-state index is 12.3. The van der Waals surface area contributed by atoms with Crippen LogP contribution in [0.3, 0.4) is 0 Å². The number of primary sulfonamides is 1. The fourth-order valence-corrected chi connectivity index (χ4v) is 4.06. The molecule has 0 fully saturated rings. The Morgan fingerprint density at radius 1 is 1.10 bits per heavy atom. The Labute approximate surface area is 174 Å². The molecule has 0 bridgehead atoms. The van der Waals surface area contributed by atoms with E-state index in [0.29, 0.717) is 18.5 Å². The maximum atomic E-state index is 12.3. The van der Waals surface area contributed by atoms with Gasteiger partial charge in [0.25, 0.3) is 5.91 Å². The Hall–Kier alpha value is -2.62. The maximum Gasteiger partial charge on any atom is 0.251 e. The van der Waals surface area contributed by atoms with Gasteiger partial charge in [-0.2, -0.15) is 0 Å². The summed E-state index contributed by atoms with van der Waals surface area (Å²) in [7, 11) is -1.73. The lowest BCUT2D eigenvalue weighted by Crippen LogP contribution is -2.25. The number of aromatic nitrogens is 2. The van der Waals surface area contributed by atoms with Gasteiger partial charge in [-0.25, -0.2) is 18.5 Å². The Kier molecular flexibility index (Phi) is 6.73. The quantitative estimate of drug-likeness (QED) is 0.534. The molecule has 0 saturated heterocycles. The molecule has 7 nitrogen and oxygen atoms in total. The number of nitrogens with two attached hydrogens (primary N) is 1. The van der Waals surface area contributed by atoms with Gasteiger partial charge in [0.05, 0.1) is 4.90 Å². The van der Waals surface area contributed by atoms with Gasteiger partial charge >= 0.3 is 0 Å². The summed E-state index contributed by atoms with van der Waals surface area (Å²) < 4.78 is 24.5. The molecule has 1 heterocycles. The number of thioether (sulfide) groups is 1. The zero-order valence-corrected chi connectivity index (χ0v) is 17.5. The largest absolute Gasteiger partial charge is 0.352 e. The minimum absolute atomic E-state index is 0.0754. The molecular weight excluding hydrogens is 408 g/mol. The van der Waals surface area contributed by atoms with E-state index in [1.807, 2.05) is 42.1 Å². The Morgan fingerprint density at radius 2 is 1.76 bits per heavy atom. The first kappa shape index (κ1) is 21.1. The molecule has 3 rings (SSSR count). The molecule has 1 aromatic heterocycles. The van der Waals surface area contributed by atoms with E-state index in [4.69, 9.17) is 5.14 Å². The van der Waals surface area contributed by atoms with Crippen molar-refractivity contribution in [2.24, 2.45) is 12.2 Å². The lowest BCUT2D eigenvalue weighted by atomic mass is 10.1. The monoisotopic (exact) mass is 430 g/mol. The summed E-state index contributed by atoms with van der Waals surface area (Å²) in [5.41, 5.74) is 2.63. The SMILES string of the molecule is Cn1ccnc1SCc1ccc(C(=O)NCCc2ccc(S(N)(=O)=O)cc2)cc1. The van der Waals surface area contributed by atoms with Crippen molar-refractivity contribution < 1.29 is 13.2 Å². The predicted octanol–water partition coefficient (Wildman–Crippen LogP) is 2.33. The molecular formula is C20H22N4O3S2. The predicted molar refractivity (Wildman–Crippen MR) is 113 cm³/mol. The summed E-state index contributed by atoms with van der Waals surface area (Å²) in [4.78, 5) is 16.6. The van der Waals surface area contributed by atoms with Crippen LogP contribution in [-0.2, 0) is 29.2 Å². The highest BCUT2D eigenvalue weighted by Gasteiger charge is 2.08. The van der Waals surface area contributed by atoms with Crippen molar-refractivity contribution in [1.82, 2.24) is 14.9 Å². The number of carbonyl (C=O) groups excluding carboxylic acids is 1. The fourth-order valence-electron chi connectivity index (χ4n) is 2.66. The van der Waals surface area contributed by atoms with Crippen molar-refractivity contribution in [3.63, 3.8) is 0 Å². The minimum atomic E-state index is -3.69. The van der Waals surface area contributed by atoms with Gasteiger partial charge in [0.1, 0.15) is 0 Å². The minimum Gasteiger partial charge on any atom is -0.352 e. The van der Waals surface area contributed by atoms with Crippen molar-refractivity contribution in [2.45, 2.75) is 22.2 Å². The fraction of sp³-hybridized carbons (Fsp3) is 0.200. The molecule has 0 aliphatic carbocycles. The molecule has 9 heteroatoms. The normalized spacial score (nSPS) is 11.4. The van der Waals surface area contributed by atoms with Crippen LogP contribution in [0.15, 0.2) is 71.0 Å². The van der Waals surface area contributed by atoms with E-state index in [2.05, 4.69) is 10.3 Å². The molecule has 0 unspecified atom stereocenters. The van der Waals surface area contributed by atoms with Crippen molar-refractivity contribution in [3.8, 4) is 0 Å². The number of carbonyl (C=O) groups is 1. The van der Waals surface area contributed by atoms with Gasteiger partial charge in [0.15, 0.2) is 5.16 Å². The van der Waals surface area contributed by atoms with Crippen LogP contribution in [-0.4, -0.2) is 30.4 Å². The van der Waals surface area contributed by atoms with Crippen molar-refractivity contribution in [1.29, 1.82) is 0 Å². The molecule has 3 aromatic rings.